The zero-order chi connectivity index (χ0) is 28.7. The Kier molecular flexibility index (Phi) is 7.63. The first-order chi connectivity index (χ1) is 19.2. The van der Waals surface area contributed by atoms with E-state index in [4.69, 9.17) is 4.74 Å². The zero-order valence-electron chi connectivity index (χ0n) is 23.7. The van der Waals surface area contributed by atoms with Crippen LogP contribution in [-0.4, -0.2) is 70.7 Å². The number of hydrogen-bond donors (Lipinski definition) is 3. The van der Waals surface area contributed by atoms with Gasteiger partial charge in [-0.05, 0) is 76.4 Å². The fourth-order valence-electron chi connectivity index (χ4n) is 7.21. The molecule has 3 fully saturated rings. The molecule has 1 spiro atoms. The van der Waals surface area contributed by atoms with Crippen molar-refractivity contribution < 1.29 is 24.2 Å². The van der Waals surface area contributed by atoms with E-state index in [-0.39, 0.29) is 24.3 Å². The first-order valence-electron chi connectivity index (χ1n) is 14.4. The lowest BCUT2D eigenvalue weighted by molar-refractivity contribution is -0.147. The Hall–Kier alpha value is -3.43. The number of nitrogens with zero attached hydrogens (tertiary/aromatic N) is 2. The Bertz CT molecular complexity index is 1250. The van der Waals surface area contributed by atoms with Gasteiger partial charge in [0.1, 0.15) is 11.6 Å². The average Bonchev–Trinajstić information content (AvgIpc) is 3.58. The van der Waals surface area contributed by atoms with E-state index in [9.17, 15) is 19.5 Å². The molecule has 0 radical (unpaired) electrons. The van der Waals surface area contributed by atoms with Gasteiger partial charge in [0, 0.05) is 30.2 Å². The summed E-state index contributed by atoms with van der Waals surface area (Å²) in [6, 6.07) is 15.2. The van der Waals surface area contributed by atoms with Gasteiger partial charge in [0.25, 0.3) is 0 Å². The lowest BCUT2D eigenvalue weighted by atomic mass is 9.65. The highest BCUT2D eigenvalue weighted by molar-refractivity contribution is 6.05. The average molecular weight is 549 g/mol. The molecule has 214 valence electrons. The normalized spacial score (nSPS) is 29.3. The molecule has 2 aromatic carbocycles. The van der Waals surface area contributed by atoms with Crippen LogP contribution in [0.25, 0.3) is 0 Å². The van der Waals surface area contributed by atoms with Crippen LogP contribution in [-0.2, 0) is 19.1 Å². The quantitative estimate of drug-likeness (QED) is 0.418. The molecular formula is C31H40N4O5. The lowest BCUT2D eigenvalue weighted by Crippen LogP contribution is -2.55. The number of likely N-dealkylation sites (tertiary alicyclic amines) is 1. The van der Waals surface area contributed by atoms with Gasteiger partial charge in [-0.2, -0.15) is 0 Å². The monoisotopic (exact) mass is 548 g/mol. The van der Waals surface area contributed by atoms with Crippen molar-refractivity contribution >= 4 is 34.8 Å². The molecule has 3 aliphatic rings. The molecular weight excluding hydrogens is 508 g/mol. The Labute approximate surface area is 235 Å². The van der Waals surface area contributed by atoms with Crippen LogP contribution in [0.5, 0.6) is 0 Å². The van der Waals surface area contributed by atoms with Crippen LogP contribution in [0.4, 0.5) is 17.1 Å². The van der Waals surface area contributed by atoms with E-state index in [2.05, 4.69) is 29.4 Å². The molecule has 2 aromatic rings. The van der Waals surface area contributed by atoms with Gasteiger partial charge >= 0.3 is 0 Å². The number of aliphatic hydroxyl groups excluding tert-OH is 1. The maximum atomic E-state index is 14.1. The first-order valence-corrected chi connectivity index (χ1v) is 14.4. The highest BCUT2D eigenvalue weighted by Gasteiger charge is 2.79. The third kappa shape index (κ3) is 4.36. The summed E-state index contributed by atoms with van der Waals surface area (Å²) >= 11 is 0. The van der Waals surface area contributed by atoms with Gasteiger partial charge in [-0.1, -0.05) is 25.1 Å². The molecule has 3 heterocycles. The fourth-order valence-corrected chi connectivity index (χ4v) is 7.21. The van der Waals surface area contributed by atoms with Gasteiger partial charge in [0.15, 0.2) is 0 Å². The number of aliphatic hydroxyl groups is 1. The summed E-state index contributed by atoms with van der Waals surface area (Å²) in [6.07, 6.45) is 1.60. The Morgan fingerprint density at radius 3 is 2.23 bits per heavy atom. The number of ether oxygens (including phenoxy) is 1. The number of anilines is 3. The standard InChI is InChI=1S/C31H40N4O5/c1-5-30-17-18-31(40-30)25(24(30)27(37)32-21-11-9-8-10-12-21)29(39)35(20(4)19-36)26(31)28(38)33-22-13-15-23(16-14-22)34(6-2)7-3/h8-16,20,24-26,36H,5-7,17-19H2,1-4H3,(H,32,37)(H,33,38)/t20-,24-,25+,26?,30+,31?/m1/s1. The summed E-state index contributed by atoms with van der Waals surface area (Å²) < 4.78 is 6.77. The molecule has 6 atom stereocenters. The maximum Gasteiger partial charge on any atom is 0.250 e. The predicted octanol–water partition coefficient (Wildman–Crippen LogP) is 3.65. The second-order valence-electron chi connectivity index (χ2n) is 11.2. The van der Waals surface area contributed by atoms with Gasteiger partial charge in [-0.3, -0.25) is 14.4 Å². The largest absolute Gasteiger partial charge is 0.394 e. The van der Waals surface area contributed by atoms with E-state index in [0.29, 0.717) is 30.6 Å². The highest BCUT2D eigenvalue weighted by Crippen LogP contribution is 2.64. The summed E-state index contributed by atoms with van der Waals surface area (Å²) in [5.41, 5.74) is 0.325. The zero-order valence-corrected chi connectivity index (χ0v) is 23.7. The maximum absolute atomic E-state index is 14.1. The molecule has 3 aliphatic heterocycles. The molecule has 0 saturated carbocycles. The van der Waals surface area contributed by atoms with Crippen molar-refractivity contribution in [3.8, 4) is 0 Å². The smallest absolute Gasteiger partial charge is 0.250 e. The van der Waals surface area contributed by atoms with Gasteiger partial charge in [0.05, 0.1) is 30.1 Å². The van der Waals surface area contributed by atoms with E-state index in [1.54, 1.807) is 19.1 Å². The van der Waals surface area contributed by atoms with Crippen molar-refractivity contribution in [3.05, 3.63) is 54.6 Å². The molecule has 0 aromatic heterocycles. The number of para-hydroxylation sites is 1. The van der Waals surface area contributed by atoms with Crippen LogP contribution in [0.2, 0.25) is 0 Å². The van der Waals surface area contributed by atoms with Crippen LogP contribution in [0.15, 0.2) is 54.6 Å². The molecule has 9 nitrogen and oxygen atoms in total. The van der Waals surface area contributed by atoms with Crippen LogP contribution >= 0.6 is 0 Å². The molecule has 9 heteroatoms. The summed E-state index contributed by atoms with van der Waals surface area (Å²) in [4.78, 5) is 45.6. The fraction of sp³-hybridized carbons (Fsp3) is 0.516. The summed E-state index contributed by atoms with van der Waals surface area (Å²) in [5.74, 6) is -2.54. The van der Waals surface area contributed by atoms with E-state index in [1.807, 2.05) is 49.4 Å². The number of benzene rings is 2. The number of nitrogens with one attached hydrogen (secondary N) is 2. The topological polar surface area (TPSA) is 111 Å². The molecule has 0 aliphatic carbocycles. The molecule has 2 unspecified atom stereocenters. The Morgan fingerprint density at radius 2 is 1.62 bits per heavy atom. The van der Waals surface area contributed by atoms with Crippen molar-refractivity contribution in [3.63, 3.8) is 0 Å². The number of fused-ring (bicyclic) bond motifs is 1. The molecule has 2 bridgehead atoms. The number of carbonyl (C=O) groups is 3. The van der Waals surface area contributed by atoms with Crippen LogP contribution in [0.1, 0.15) is 47.0 Å². The third-order valence-electron chi connectivity index (χ3n) is 9.19. The van der Waals surface area contributed by atoms with Crippen LogP contribution in [0, 0.1) is 11.8 Å². The van der Waals surface area contributed by atoms with Crippen molar-refractivity contribution in [2.24, 2.45) is 11.8 Å². The second-order valence-corrected chi connectivity index (χ2v) is 11.2. The van der Waals surface area contributed by atoms with E-state index >= 15 is 0 Å². The van der Waals surface area contributed by atoms with Crippen molar-refractivity contribution in [1.82, 2.24) is 4.90 Å². The summed E-state index contributed by atoms with van der Waals surface area (Å²) in [6.45, 7) is 9.31. The molecule has 5 rings (SSSR count). The minimum Gasteiger partial charge on any atom is -0.394 e. The number of carbonyl (C=O) groups excluding carboxylic acids is 3. The number of hydrogen-bond acceptors (Lipinski definition) is 6. The summed E-state index contributed by atoms with van der Waals surface area (Å²) in [5, 5.41) is 16.1. The predicted molar refractivity (Wildman–Crippen MR) is 154 cm³/mol. The summed E-state index contributed by atoms with van der Waals surface area (Å²) in [7, 11) is 0. The van der Waals surface area contributed by atoms with Gasteiger partial charge < -0.3 is 30.3 Å². The van der Waals surface area contributed by atoms with Gasteiger partial charge in [0.2, 0.25) is 17.7 Å². The van der Waals surface area contributed by atoms with E-state index in [1.165, 1.54) is 4.90 Å². The van der Waals surface area contributed by atoms with Crippen molar-refractivity contribution in [2.75, 3.05) is 35.2 Å². The first kappa shape index (κ1) is 28.1. The SMILES string of the molecule is CCN(CC)c1ccc(NC(=O)C2N([C@H](C)CO)C(=O)[C@@H]3[C@H](C(=O)Nc4ccccc4)[C@]4(CC)CCC23O4)cc1. The van der Waals surface area contributed by atoms with Crippen molar-refractivity contribution in [2.45, 2.75) is 70.2 Å². The molecule has 3 N–H and O–H groups in total. The van der Waals surface area contributed by atoms with Crippen LogP contribution < -0.4 is 15.5 Å². The minimum atomic E-state index is -1.15. The van der Waals surface area contributed by atoms with Crippen molar-refractivity contribution in [1.29, 1.82) is 0 Å². The van der Waals surface area contributed by atoms with Gasteiger partial charge in [-0.15, -0.1) is 0 Å². The highest BCUT2D eigenvalue weighted by atomic mass is 16.5. The third-order valence-corrected chi connectivity index (χ3v) is 9.19. The number of rotatable bonds is 10. The Balaban J connectivity index is 1.48. The molecule has 3 amide bonds. The van der Waals surface area contributed by atoms with Gasteiger partial charge in [-0.25, -0.2) is 0 Å². The van der Waals surface area contributed by atoms with E-state index < -0.39 is 35.1 Å². The molecule has 3 saturated heterocycles. The number of amides is 3. The van der Waals surface area contributed by atoms with E-state index in [0.717, 1.165) is 18.8 Å². The minimum absolute atomic E-state index is 0.280. The molecule has 40 heavy (non-hydrogen) atoms. The van der Waals surface area contributed by atoms with Crippen LogP contribution in [0.3, 0.4) is 0 Å². The Morgan fingerprint density at radius 1 is 1.00 bits per heavy atom. The lowest BCUT2D eigenvalue weighted by Gasteiger charge is -2.36. The second kappa shape index (κ2) is 10.9.